The maximum absolute atomic E-state index is 5.27. The van der Waals surface area contributed by atoms with E-state index in [0.29, 0.717) is 0 Å². The Morgan fingerprint density at radius 1 is 1.00 bits per heavy atom. The van der Waals surface area contributed by atoms with Crippen LogP contribution < -0.4 is 0 Å². The molecular weight excluding hydrogens is 242 g/mol. The van der Waals surface area contributed by atoms with Crippen molar-refractivity contribution in [2.45, 2.75) is 78.2 Å². The zero-order valence-electron chi connectivity index (χ0n) is 11.9. The molecule has 0 radical (unpaired) electrons. The lowest BCUT2D eigenvalue weighted by molar-refractivity contribution is 0.564. The van der Waals surface area contributed by atoms with Gasteiger partial charge in [-0.25, -0.2) is 0 Å². The van der Waals surface area contributed by atoms with E-state index in [1.54, 1.807) is 0 Å². The lowest BCUT2D eigenvalue weighted by Gasteiger charge is -2.05. The van der Waals surface area contributed by atoms with Crippen LogP contribution >= 0.6 is 12.2 Å². The van der Waals surface area contributed by atoms with E-state index in [9.17, 15) is 0 Å². The van der Waals surface area contributed by atoms with Gasteiger partial charge in [-0.05, 0) is 25.1 Å². The van der Waals surface area contributed by atoms with Crippen LogP contribution in [0.25, 0.3) is 0 Å². The highest BCUT2D eigenvalue weighted by molar-refractivity contribution is 7.71. The molecule has 0 aromatic carbocycles. The average Bonchev–Trinajstić information content (AvgIpc) is 2.72. The van der Waals surface area contributed by atoms with Gasteiger partial charge < -0.3 is 4.57 Å². The molecule has 4 heteroatoms. The predicted molar refractivity (Wildman–Crippen MR) is 79.4 cm³/mol. The first-order valence-electron chi connectivity index (χ1n) is 7.43. The molecule has 104 valence electrons. The smallest absolute Gasteiger partial charge is 0.195 e. The van der Waals surface area contributed by atoms with Crippen molar-refractivity contribution in [3.8, 4) is 0 Å². The number of nitrogens with one attached hydrogen (secondary N) is 1. The van der Waals surface area contributed by atoms with E-state index in [1.165, 1.54) is 51.4 Å². The molecule has 3 nitrogen and oxygen atoms in total. The summed E-state index contributed by atoms with van der Waals surface area (Å²) in [5.41, 5.74) is 0. The summed E-state index contributed by atoms with van der Waals surface area (Å²) in [4.78, 5) is 0. The van der Waals surface area contributed by atoms with E-state index in [1.807, 2.05) is 0 Å². The Bertz CT molecular complexity index is 367. The van der Waals surface area contributed by atoms with Crippen LogP contribution in [0.5, 0.6) is 0 Å². The van der Waals surface area contributed by atoms with E-state index >= 15 is 0 Å². The van der Waals surface area contributed by atoms with Crippen molar-refractivity contribution in [1.82, 2.24) is 14.8 Å². The average molecular weight is 269 g/mol. The molecule has 0 amide bonds. The predicted octanol–water partition coefficient (Wildman–Crippen LogP) is 4.64. The Morgan fingerprint density at radius 2 is 1.67 bits per heavy atom. The Morgan fingerprint density at radius 3 is 2.39 bits per heavy atom. The number of hydrogen-bond acceptors (Lipinski definition) is 2. The minimum Gasteiger partial charge on any atom is -0.304 e. The number of H-pyrrole nitrogens is 1. The summed E-state index contributed by atoms with van der Waals surface area (Å²) in [6.45, 7) is 5.47. The third-order valence-electron chi connectivity index (χ3n) is 3.33. The fourth-order valence-electron chi connectivity index (χ4n) is 2.15. The summed E-state index contributed by atoms with van der Waals surface area (Å²) >= 11 is 5.27. The summed E-state index contributed by atoms with van der Waals surface area (Å²) in [6.07, 6.45) is 11.4. The van der Waals surface area contributed by atoms with Gasteiger partial charge in [-0.2, -0.15) is 5.10 Å². The molecule has 0 fully saturated rings. The first-order chi connectivity index (χ1) is 8.79. The van der Waals surface area contributed by atoms with Crippen molar-refractivity contribution >= 4 is 12.2 Å². The standard InChI is InChI=1S/C14H27N3S/c1-3-5-7-8-9-10-11-13-15-16-14(18)17(13)12-6-4-2/h3-12H2,1-2H3,(H,16,18). The van der Waals surface area contributed by atoms with Gasteiger partial charge in [-0.1, -0.05) is 52.4 Å². The quantitative estimate of drug-likeness (QED) is 0.496. The number of nitrogens with zero attached hydrogens (tertiary/aromatic N) is 2. The Kier molecular flexibility index (Phi) is 7.98. The van der Waals surface area contributed by atoms with Gasteiger partial charge in [0.05, 0.1) is 0 Å². The van der Waals surface area contributed by atoms with Crippen molar-refractivity contribution in [1.29, 1.82) is 0 Å². The zero-order valence-corrected chi connectivity index (χ0v) is 12.7. The van der Waals surface area contributed by atoms with Crippen LogP contribution in [-0.2, 0) is 13.0 Å². The second-order valence-electron chi connectivity index (χ2n) is 4.97. The number of rotatable bonds is 10. The van der Waals surface area contributed by atoms with Crippen LogP contribution in [0.1, 0.15) is 71.0 Å². The largest absolute Gasteiger partial charge is 0.304 e. The first kappa shape index (κ1) is 15.4. The zero-order chi connectivity index (χ0) is 13.2. The van der Waals surface area contributed by atoms with Crippen molar-refractivity contribution in [2.24, 2.45) is 0 Å². The van der Waals surface area contributed by atoms with Crippen LogP contribution in [0.3, 0.4) is 0 Å². The van der Waals surface area contributed by atoms with Gasteiger partial charge in [0.15, 0.2) is 4.77 Å². The molecule has 0 aliphatic carbocycles. The van der Waals surface area contributed by atoms with Crippen LogP contribution in [0.15, 0.2) is 0 Å². The van der Waals surface area contributed by atoms with E-state index < -0.39 is 0 Å². The SMILES string of the molecule is CCCCCCCCc1n[nH]c(=S)n1CCCC. The number of aryl methyl sites for hydroxylation is 1. The van der Waals surface area contributed by atoms with Crippen LogP contribution in [0.2, 0.25) is 0 Å². The van der Waals surface area contributed by atoms with E-state index in [4.69, 9.17) is 12.2 Å². The maximum atomic E-state index is 5.27. The summed E-state index contributed by atoms with van der Waals surface area (Å²) in [5, 5.41) is 7.27. The second kappa shape index (κ2) is 9.31. The fourth-order valence-corrected chi connectivity index (χ4v) is 2.39. The number of unbranched alkanes of at least 4 members (excludes halogenated alkanes) is 6. The molecule has 0 saturated heterocycles. The maximum Gasteiger partial charge on any atom is 0.195 e. The molecule has 0 atom stereocenters. The lowest BCUT2D eigenvalue weighted by Crippen LogP contribution is -2.04. The Balaban J connectivity index is 2.30. The summed E-state index contributed by atoms with van der Waals surface area (Å²) in [6, 6.07) is 0. The van der Waals surface area contributed by atoms with Gasteiger partial charge in [0.25, 0.3) is 0 Å². The molecule has 1 aromatic heterocycles. The van der Waals surface area contributed by atoms with E-state index in [-0.39, 0.29) is 0 Å². The molecule has 18 heavy (non-hydrogen) atoms. The highest BCUT2D eigenvalue weighted by Crippen LogP contribution is 2.09. The summed E-state index contributed by atoms with van der Waals surface area (Å²) < 4.78 is 2.95. The van der Waals surface area contributed by atoms with E-state index in [0.717, 1.165) is 23.6 Å². The minimum absolute atomic E-state index is 0.782. The van der Waals surface area contributed by atoms with Crippen molar-refractivity contribution < 1.29 is 0 Å². The molecular formula is C14H27N3S. The first-order valence-corrected chi connectivity index (χ1v) is 7.84. The molecule has 1 N–H and O–H groups in total. The molecule has 0 unspecified atom stereocenters. The third kappa shape index (κ3) is 5.34. The summed E-state index contributed by atoms with van der Waals surface area (Å²) in [5.74, 6) is 1.14. The Hall–Kier alpha value is -0.640. The van der Waals surface area contributed by atoms with Crippen LogP contribution in [0, 0.1) is 4.77 Å². The fraction of sp³-hybridized carbons (Fsp3) is 0.857. The highest BCUT2D eigenvalue weighted by Gasteiger charge is 2.05. The second-order valence-corrected chi connectivity index (χ2v) is 5.35. The Labute approximate surface area is 116 Å². The van der Waals surface area contributed by atoms with Gasteiger partial charge in [0, 0.05) is 13.0 Å². The molecule has 0 aliphatic rings. The van der Waals surface area contributed by atoms with Crippen LogP contribution in [-0.4, -0.2) is 14.8 Å². The van der Waals surface area contributed by atoms with Crippen molar-refractivity contribution in [2.75, 3.05) is 0 Å². The molecule has 0 saturated carbocycles. The molecule has 1 heterocycles. The molecule has 0 bridgehead atoms. The topological polar surface area (TPSA) is 33.6 Å². The minimum atomic E-state index is 0.782. The summed E-state index contributed by atoms with van der Waals surface area (Å²) in [7, 11) is 0. The van der Waals surface area contributed by atoms with Gasteiger partial charge in [-0.3, -0.25) is 5.10 Å². The molecule has 1 rings (SSSR count). The van der Waals surface area contributed by atoms with Crippen molar-refractivity contribution in [3.05, 3.63) is 10.6 Å². The highest BCUT2D eigenvalue weighted by atomic mass is 32.1. The normalized spacial score (nSPS) is 11.0. The molecule has 0 spiro atoms. The number of aromatic nitrogens is 3. The monoisotopic (exact) mass is 269 g/mol. The molecule has 0 aliphatic heterocycles. The van der Waals surface area contributed by atoms with E-state index in [2.05, 4.69) is 28.6 Å². The molecule has 1 aromatic rings. The lowest BCUT2D eigenvalue weighted by atomic mass is 10.1. The third-order valence-corrected chi connectivity index (χ3v) is 3.64. The van der Waals surface area contributed by atoms with Gasteiger partial charge in [0.1, 0.15) is 5.82 Å². The van der Waals surface area contributed by atoms with Gasteiger partial charge in [-0.15, -0.1) is 0 Å². The van der Waals surface area contributed by atoms with Gasteiger partial charge in [0.2, 0.25) is 0 Å². The van der Waals surface area contributed by atoms with Crippen molar-refractivity contribution in [3.63, 3.8) is 0 Å². The number of aromatic amines is 1. The van der Waals surface area contributed by atoms with Crippen LogP contribution in [0.4, 0.5) is 0 Å². The number of hydrogen-bond donors (Lipinski definition) is 1. The van der Waals surface area contributed by atoms with Gasteiger partial charge >= 0.3 is 0 Å².